The van der Waals surface area contributed by atoms with Gasteiger partial charge in [-0.2, -0.15) is 0 Å². The number of benzene rings is 1. The normalized spacial score (nSPS) is 12.8. The maximum Gasteiger partial charge on any atom is 0.0822 e. The van der Waals surface area contributed by atoms with Gasteiger partial charge in [-0.1, -0.05) is 36.8 Å². The van der Waals surface area contributed by atoms with Gasteiger partial charge in [-0.25, -0.2) is 0 Å². The van der Waals surface area contributed by atoms with Crippen molar-refractivity contribution >= 4 is 0 Å². The van der Waals surface area contributed by atoms with Gasteiger partial charge in [0.15, 0.2) is 0 Å². The van der Waals surface area contributed by atoms with E-state index < -0.39 is 0 Å². The van der Waals surface area contributed by atoms with E-state index in [1.807, 2.05) is 6.92 Å². The summed E-state index contributed by atoms with van der Waals surface area (Å²) in [6.07, 6.45) is 1.31. The summed E-state index contributed by atoms with van der Waals surface area (Å²) in [4.78, 5) is 0. The number of hydrogen-bond donors (Lipinski definition) is 0. The molecule has 0 fully saturated rings. The van der Waals surface area contributed by atoms with Gasteiger partial charge in [0, 0.05) is 6.61 Å². The van der Waals surface area contributed by atoms with Crippen molar-refractivity contribution in [2.24, 2.45) is 0 Å². The van der Waals surface area contributed by atoms with E-state index in [0.717, 1.165) is 13.0 Å². The van der Waals surface area contributed by atoms with Crippen molar-refractivity contribution in [3.8, 4) is 0 Å². The molecule has 0 saturated carbocycles. The molecule has 13 heavy (non-hydrogen) atoms. The fourth-order valence-corrected chi connectivity index (χ4v) is 1.43. The zero-order valence-electron chi connectivity index (χ0n) is 8.71. The van der Waals surface area contributed by atoms with Gasteiger partial charge in [0.2, 0.25) is 0 Å². The smallest absolute Gasteiger partial charge is 0.0822 e. The first-order valence-corrected chi connectivity index (χ1v) is 4.96. The minimum absolute atomic E-state index is 0.269. The SMILES string of the molecule is CCO[C@@H](CC)c1ccc(C)cc1. The quantitative estimate of drug-likeness (QED) is 0.685. The average Bonchev–Trinajstić information content (AvgIpc) is 2.16. The molecule has 0 N–H and O–H groups in total. The number of ether oxygens (including phenoxy) is 1. The summed E-state index contributed by atoms with van der Waals surface area (Å²) in [6, 6.07) is 8.58. The highest BCUT2D eigenvalue weighted by Crippen LogP contribution is 2.20. The molecular formula is C12H18O. The molecule has 0 aromatic heterocycles. The summed E-state index contributed by atoms with van der Waals surface area (Å²) in [6.45, 7) is 7.08. The van der Waals surface area contributed by atoms with E-state index in [9.17, 15) is 0 Å². The van der Waals surface area contributed by atoms with Gasteiger partial charge < -0.3 is 4.74 Å². The lowest BCUT2D eigenvalue weighted by molar-refractivity contribution is 0.0598. The Hall–Kier alpha value is -0.820. The molecule has 0 aliphatic carbocycles. The molecule has 1 rings (SSSR count). The summed E-state index contributed by atoms with van der Waals surface area (Å²) in [5.74, 6) is 0. The molecule has 0 bridgehead atoms. The van der Waals surface area contributed by atoms with Crippen LogP contribution in [0.5, 0.6) is 0 Å². The van der Waals surface area contributed by atoms with E-state index in [4.69, 9.17) is 4.74 Å². The van der Waals surface area contributed by atoms with E-state index in [-0.39, 0.29) is 6.10 Å². The minimum Gasteiger partial charge on any atom is -0.374 e. The molecule has 0 saturated heterocycles. The average molecular weight is 178 g/mol. The van der Waals surface area contributed by atoms with Crippen molar-refractivity contribution in [2.75, 3.05) is 6.61 Å². The lowest BCUT2D eigenvalue weighted by Crippen LogP contribution is -2.02. The van der Waals surface area contributed by atoms with E-state index in [1.165, 1.54) is 11.1 Å². The van der Waals surface area contributed by atoms with E-state index in [2.05, 4.69) is 38.1 Å². The molecule has 1 atom stereocenters. The Morgan fingerprint density at radius 3 is 2.23 bits per heavy atom. The lowest BCUT2D eigenvalue weighted by Gasteiger charge is -2.15. The van der Waals surface area contributed by atoms with Crippen LogP contribution in [0, 0.1) is 6.92 Å². The van der Waals surface area contributed by atoms with Crippen molar-refractivity contribution in [1.29, 1.82) is 0 Å². The third kappa shape index (κ3) is 2.85. The first-order valence-electron chi connectivity index (χ1n) is 4.96. The molecule has 0 radical (unpaired) electrons. The molecule has 1 nitrogen and oxygen atoms in total. The van der Waals surface area contributed by atoms with Crippen LogP contribution in [0.3, 0.4) is 0 Å². The topological polar surface area (TPSA) is 9.23 Å². The largest absolute Gasteiger partial charge is 0.374 e. The van der Waals surface area contributed by atoms with Gasteiger partial charge in [-0.05, 0) is 25.8 Å². The standard InChI is InChI=1S/C12H18O/c1-4-12(13-5-2)11-8-6-10(3)7-9-11/h6-9,12H,4-5H2,1-3H3/t12-/m0/s1. The van der Waals surface area contributed by atoms with E-state index >= 15 is 0 Å². The summed E-state index contributed by atoms with van der Waals surface area (Å²) >= 11 is 0. The Labute approximate surface area is 80.7 Å². The molecule has 0 aliphatic heterocycles. The fraction of sp³-hybridized carbons (Fsp3) is 0.500. The van der Waals surface area contributed by atoms with Gasteiger partial charge in [0.25, 0.3) is 0 Å². The second kappa shape index (κ2) is 5.03. The molecule has 1 heteroatoms. The highest BCUT2D eigenvalue weighted by molar-refractivity contribution is 5.23. The molecule has 1 aromatic carbocycles. The van der Waals surface area contributed by atoms with Gasteiger partial charge in [-0.15, -0.1) is 0 Å². The Morgan fingerprint density at radius 2 is 1.77 bits per heavy atom. The van der Waals surface area contributed by atoms with Crippen molar-refractivity contribution < 1.29 is 4.74 Å². The van der Waals surface area contributed by atoms with Crippen molar-refractivity contribution in [1.82, 2.24) is 0 Å². The molecule has 1 aromatic rings. The van der Waals surface area contributed by atoms with Crippen LogP contribution in [0.4, 0.5) is 0 Å². The number of hydrogen-bond acceptors (Lipinski definition) is 1. The highest BCUT2D eigenvalue weighted by Gasteiger charge is 2.07. The summed E-state index contributed by atoms with van der Waals surface area (Å²) in [5.41, 5.74) is 2.59. The monoisotopic (exact) mass is 178 g/mol. The minimum atomic E-state index is 0.269. The van der Waals surface area contributed by atoms with Crippen molar-refractivity contribution in [3.63, 3.8) is 0 Å². The third-order valence-electron chi connectivity index (χ3n) is 2.19. The lowest BCUT2D eigenvalue weighted by atomic mass is 10.1. The first-order chi connectivity index (χ1) is 6.27. The van der Waals surface area contributed by atoms with E-state index in [0.29, 0.717) is 0 Å². The maximum atomic E-state index is 5.62. The molecule has 0 unspecified atom stereocenters. The predicted octanol–water partition coefficient (Wildman–Crippen LogP) is 3.48. The Bertz CT molecular complexity index is 238. The van der Waals surface area contributed by atoms with Crippen LogP contribution in [-0.4, -0.2) is 6.61 Å². The highest BCUT2D eigenvalue weighted by atomic mass is 16.5. The third-order valence-corrected chi connectivity index (χ3v) is 2.19. The van der Waals surface area contributed by atoms with Crippen LogP contribution in [0.15, 0.2) is 24.3 Å². The summed E-state index contributed by atoms with van der Waals surface area (Å²) in [5, 5.41) is 0. The van der Waals surface area contributed by atoms with Crippen molar-refractivity contribution in [2.45, 2.75) is 33.3 Å². The zero-order valence-corrected chi connectivity index (χ0v) is 8.71. The van der Waals surface area contributed by atoms with Crippen molar-refractivity contribution in [3.05, 3.63) is 35.4 Å². The second-order valence-corrected chi connectivity index (χ2v) is 3.26. The van der Waals surface area contributed by atoms with Gasteiger partial charge in [-0.3, -0.25) is 0 Å². The Morgan fingerprint density at radius 1 is 1.15 bits per heavy atom. The fourth-order valence-electron chi connectivity index (χ4n) is 1.43. The molecule has 0 spiro atoms. The van der Waals surface area contributed by atoms with Gasteiger partial charge >= 0.3 is 0 Å². The Kier molecular flexibility index (Phi) is 3.97. The predicted molar refractivity (Wildman–Crippen MR) is 55.8 cm³/mol. The summed E-state index contributed by atoms with van der Waals surface area (Å²) in [7, 11) is 0. The molecule has 72 valence electrons. The molecule has 0 aliphatic rings. The molecule has 0 heterocycles. The van der Waals surface area contributed by atoms with Crippen LogP contribution in [0.25, 0.3) is 0 Å². The summed E-state index contributed by atoms with van der Waals surface area (Å²) < 4.78 is 5.62. The van der Waals surface area contributed by atoms with Gasteiger partial charge in [0.05, 0.1) is 6.10 Å². The van der Waals surface area contributed by atoms with E-state index in [1.54, 1.807) is 0 Å². The zero-order chi connectivity index (χ0) is 9.68. The van der Waals surface area contributed by atoms with Crippen LogP contribution in [0.2, 0.25) is 0 Å². The van der Waals surface area contributed by atoms with Crippen LogP contribution in [-0.2, 0) is 4.74 Å². The van der Waals surface area contributed by atoms with Crippen LogP contribution in [0.1, 0.15) is 37.5 Å². The number of rotatable bonds is 4. The molecular weight excluding hydrogens is 160 g/mol. The Balaban J connectivity index is 2.73. The van der Waals surface area contributed by atoms with Crippen LogP contribution >= 0.6 is 0 Å². The number of aryl methyl sites for hydroxylation is 1. The second-order valence-electron chi connectivity index (χ2n) is 3.26. The first kappa shape index (κ1) is 10.3. The maximum absolute atomic E-state index is 5.62. The molecule has 0 amide bonds. The van der Waals surface area contributed by atoms with Crippen LogP contribution < -0.4 is 0 Å². The van der Waals surface area contributed by atoms with Gasteiger partial charge in [0.1, 0.15) is 0 Å².